The van der Waals surface area contributed by atoms with Crippen molar-refractivity contribution in [3.63, 3.8) is 0 Å². The minimum Gasteiger partial charge on any atom is -0.393 e. The van der Waals surface area contributed by atoms with E-state index >= 15 is 0 Å². The molecule has 1 N–H and O–H groups in total. The lowest BCUT2D eigenvalue weighted by Crippen LogP contribution is -2.05. The molecule has 3 heteroatoms. The fourth-order valence-corrected chi connectivity index (χ4v) is 0.745. The van der Waals surface area contributed by atoms with Crippen LogP contribution in [0.4, 0.5) is 0 Å². The molecular formula is C7H10N2O. The molecule has 1 aromatic rings. The quantitative estimate of drug-likeness (QED) is 0.643. The maximum atomic E-state index is 8.94. The Balaban J connectivity index is 2.59. The van der Waals surface area contributed by atoms with Crippen LogP contribution in [0.3, 0.4) is 0 Å². The van der Waals surface area contributed by atoms with Gasteiger partial charge in [0.2, 0.25) is 0 Å². The van der Waals surface area contributed by atoms with Gasteiger partial charge in [-0.1, -0.05) is 0 Å². The molecule has 1 atom stereocenters. The van der Waals surface area contributed by atoms with E-state index in [4.69, 9.17) is 5.11 Å². The second-order valence-corrected chi connectivity index (χ2v) is 2.27. The molecule has 0 saturated carbocycles. The Morgan fingerprint density at radius 3 is 3.00 bits per heavy atom. The molecule has 0 amide bonds. The summed E-state index contributed by atoms with van der Waals surface area (Å²) in [6, 6.07) is 3.66. The topological polar surface area (TPSA) is 46.0 Å². The Bertz CT molecular complexity index is 186. The van der Waals surface area contributed by atoms with Gasteiger partial charge in [-0.15, -0.1) is 0 Å². The van der Waals surface area contributed by atoms with Crippen LogP contribution in [0.25, 0.3) is 0 Å². The smallest absolute Gasteiger partial charge is 0.0656 e. The van der Waals surface area contributed by atoms with Crippen LogP contribution >= 0.6 is 0 Å². The van der Waals surface area contributed by atoms with Crippen molar-refractivity contribution in [2.75, 3.05) is 0 Å². The molecule has 54 valence electrons. The largest absolute Gasteiger partial charge is 0.393 e. The van der Waals surface area contributed by atoms with Gasteiger partial charge in [0, 0.05) is 12.6 Å². The highest BCUT2D eigenvalue weighted by molar-refractivity contribution is 4.99. The average molecular weight is 138 g/mol. The minimum atomic E-state index is -0.336. The number of hydrogen-bond donors (Lipinski definition) is 1. The van der Waals surface area contributed by atoms with Crippen molar-refractivity contribution >= 4 is 0 Å². The SMILES string of the molecule is CC(O)Cc1cccnn1. The van der Waals surface area contributed by atoms with Crippen LogP contribution in [0.2, 0.25) is 0 Å². The predicted octanol–water partition coefficient (Wildman–Crippen LogP) is 0.400. The molecule has 0 aromatic carbocycles. The van der Waals surface area contributed by atoms with Gasteiger partial charge in [-0.2, -0.15) is 10.2 Å². The molecule has 1 aromatic heterocycles. The lowest BCUT2D eigenvalue weighted by atomic mass is 10.2. The van der Waals surface area contributed by atoms with Crippen molar-refractivity contribution in [1.29, 1.82) is 0 Å². The summed E-state index contributed by atoms with van der Waals surface area (Å²) in [5.74, 6) is 0. The Kier molecular flexibility index (Phi) is 2.34. The van der Waals surface area contributed by atoms with Crippen molar-refractivity contribution in [2.45, 2.75) is 19.4 Å². The summed E-state index contributed by atoms with van der Waals surface area (Å²) in [6.45, 7) is 1.73. The van der Waals surface area contributed by atoms with Crippen LogP contribution in [-0.4, -0.2) is 21.4 Å². The third-order valence-corrected chi connectivity index (χ3v) is 1.13. The Morgan fingerprint density at radius 1 is 1.70 bits per heavy atom. The van der Waals surface area contributed by atoms with Crippen LogP contribution < -0.4 is 0 Å². The highest BCUT2D eigenvalue weighted by atomic mass is 16.3. The zero-order valence-electron chi connectivity index (χ0n) is 5.86. The molecule has 0 bridgehead atoms. The van der Waals surface area contributed by atoms with Crippen molar-refractivity contribution in [1.82, 2.24) is 10.2 Å². The summed E-state index contributed by atoms with van der Waals surface area (Å²) in [5.41, 5.74) is 0.831. The first-order valence-electron chi connectivity index (χ1n) is 3.23. The normalized spacial score (nSPS) is 13.0. The van der Waals surface area contributed by atoms with Gasteiger partial charge in [0.25, 0.3) is 0 Å². The van der Waals surface area contributed by atoms with Crippen molar-refractivity contribution < 1.29 is 5.11 Å². The molecule has 0 saturated heterocycles. The Hall–Kier alpha value is -0.960. The third kappa shape index (κ3) is 2.11. The molecular weight excluding hydrogens is 128 g/mol. The summed E-state index contributed by atoms with van der Waals surface area (Å²) in [7, 11) is 0. The van der Waals surface area contributed by atoms with Gasteiger partial charge >= 0.3 is 0 Å². The fraction of sp³-hybridized carbons (Fsp3) is 0.429. The predicted molar refractivity (Wildman–Crippen MR) is 37.4 cm³/mol. The molecule has 3 nitrogen and oxygen atoms in total. The maximum Gasteiger partial charge on any atom is 0.0656 e. The summed E-state index contributed by atoms with van der Waals surface area (Å²) < 4.78 is 0. The van der Waals surface area contributed by atoms with Crippen molar-refractivity contribution in [3.05, 3.63) is 24.0 Å². The monoisotopic (exact) mass is 138 g/mol. The maximum absolute atomic E-state index is 8.94. The number of aromatic nitrogens is 2. The van der Waals surface area contributed by atoms with E-state index in [1.165, 1.54) is 0 Å². The van der Waals surface area contributed by atoms with E-state index in [0.29, 0.717) is 6.42 Å². The second kappa shape index (κ2) is 3.27. The summed E-state index contributed by atoms with van der Waals surface area (Å²) in [4.78, 5) is 0. The van der Waals surface area contributed by atoms with E-state index < -0.39 is 0 Å². The first kappa shape index (κ1) is 7.15. The van der Waals surface area contributed by atoms with E-state index in [2.05, 4.69) is 10.2 Å². The van der Waals surface area contributed by atoms with E-state index in [-0.39, 0.29) is 6.10 Å². The Labute approximate surface area is 59.7 Å². The second-order valence-electron chi connectivity index (χ2n) is 2.27. The van der Waals surface area contributed by atoms with Crippen LogP contribution in [-0.2, 0) is 6.42 Å². The number of aliphatic hydroxyl groups excluding tert-OH is 1. The van der Waals surface area contributed by atoms with Gasteiger partial charge in [0.15, 0.2) is 0 Å². The van der Waals surface area contributed by atoms with Gasteiger partial charge in [-0.3, -0.25) is 0 Å². The van der Waals surface area contributed by atoms with E-state index in [1.54, 1.807) is 13.1 Å². The number of aliphatic hydroxyl groups is 1. The molecule has 0 fully saturated rings. The van der Waals surface area contributed by atoms with Crippen LogP contribution in [0.1, 0.15) is 12.6 Å². The molecule has 0 aliphatic carbocycles. The molecule has 1 unspecified atom stereocenters. The molecule has 0 aliphatic heterocycles. The molecule has 1 heterocycles. The van der Waals surface area contributed by atoms with Gasteiger partial charge in [0.1, 0.15) is 0 Å². The first-order valence-corrected chi connectivity index (χ1v) is 3.23. The van der Waals surface area contributed by atoms with E-state index in [0.717, 1.165) is 5.69 Å². The van der Waals surface area contributed by atoms with Gasteiger partial charge in [-0.05, 0) is 19.1 Å². The molecule has 0 radical (unpaired) electrons. The molecule has 0 aliphatic rings. The molecule has 0 spiro atoms. The Morgan fingerprint density at radius 2 is 2.50 bits per heavy atom. The van der Waals surface area contributed by atoms with Gasteiger partial charge in [0.05, 0.1) is 11.8 Å². The zero-order chi connectivity index (χ0) is 7.40. The standard InChI is InChI=1S/C7H10N2O/c1-6(10)5-7-3-2-4-8-9-7/h2-4,6,10H,5H2,1H3. The van der Waals surface area contributed by atoms with Crippen molar-refractivity contribution in [3.8, 4) is 0 Å². The van der Waals surface area contributed by atoms with Crippen LogP contribution in [0.5, 0.6) is 0 Å². The third-order valence-electron chi connectivity index (χ3n) is 1.13. The highest BCUT2D eigenvalue weighted by Gasteiger charge is 1.97. The number of hydrogen-bond acceptors (Lipinski definition) is 3. The van der Waals surface area contributed by atoms with Crippen molar-refractivity contribution in [2.24, 2.45) is 0 Å². The van der Waals surface area contributed by atoms with Gasteiger partial charge < -0.3 is 5.11 Å². The number of rotatable bonds is 2. The zero-order valence-corrected chi connectivity index (χ0v) is 5.86. The summed E-state index contributed by atoms with van der Waals surface area (Å²) >= 11 is 0. The summed E-state index contributed by atoms with van der Waals surface area (Å²) in [6.07, 6.45) is 1.86. The average Bonchev–Trinajstić information content (AvgIpc) is 1.88. The number of nitrogens with zero attached hydrogens (tertiary/aromatic N) is 2. The lowest BCUT2D eigenvalue weighted by Gasteiger charge is -1.99. The minimum absolute atomic E-state index is 0.336. The van der Waals surface area contributed by atoms with E-state index in [1.807, 2.05) is 12.1 Å². The van der Waals surface area contributed by atoms with Crippen LogP contribution in [0, 0.1) is 0 Å². The van der Waals surface area contributed by atoms with E-state index in [9.17, 15) is 0 Å². The fourth-order valence-electron chi connectivity index (χ4n) is 0.745. The molecule has 1 rings (SSSR count). The first-order chi connectivity index (χ1) is 4.79. The molecule has 10 heavy (non-hydrogen) atoms. The lowest BCUT2D eigenvalue weighted by molar-refractivity contribution is 0.194. The van der Waals surface area contributed by atoms with Gasteiger partial charge in [-0.25, -0.2) is 0 Å². The summed E-state index contributed by atoms with van der Waals surface area (Å²) in [5, 5.41) is 16.4. The van der Waals surface area contributed by atoms with Crippen LogP contribution in [0.15, 0.2) is 18.3 Å². The highest BCUT2D eigenvalue weighted by Crippen LogP contribution is 1.95.